The summed E-state index contributed by atoms with van der Waals surface area (Å²) in [5, 5.41) is 6.58. The van der Waals surface area contributed by atoms with E-state index in [4.69, 9.17) is 0 Å². The van der Waals surface area contributed by atoms with Crippen molar-refractivity contribution >= 4 is 5.91 Å². The maximum atomic E-state index is 11.9. The summed E-state index contributed by atoms with van der Waals surface area (Å²) in [6, 6.07) is 1.87. The van der Waals surface area contributed by atoms with E-state index >= 15 is 0 Å². The Morgan fingerprint density at radius 2 is 1.63 bits per heavy atom. The lowest BCUT2D eigenvalue weighted by Crippen LogP contribution is -2.48. The van der Waals surface area contributed by atoms with Crippen molar-refractivity contribution in [1.29, 1.82) is 0 Å². The highest BCUT2D eigenvalue weighted by Crippen LogP contribution is 2.29. The summed E-state index contributed by atoms with van der Waals surface area (Å²) < 4.78 is 0. The lowest BCUT2D eigenvalue weighted by molar-refractivity contribution is -0.121. The summed E-state index contributed by atoms with van der Waals surface area (Å²) in [4.78, 5) is 14.5. The molecule has 1 heterocycles. The molecule has 1 amide bonds. The van der Waals surface area contributed by atoms with Crippen LogP contribution in [0, 0.1) is 0 Å². The molecule has 3 aliphatic rings. The molecular formula is C15H27N3O. The zero-order valence-electron chi connectivity index (χ0n) is 11.9. The predicted octanol–water partition coefficient (Wildman–Crippen LogP) is 1.26. The number of likely N-dealkylation sites (tertiary alicyclic amines) is 1. The van der Waals surface area contributed by atoms with Gasteiger partial charge in [-0.15, -0.1) is 0 Å². The molecular weight excluding hydrogens is 238 g/mol. The zero-order chi connectivity index (χ0) is 13.1. The van der Waals surface area contributed by atoms with Gasteiger partial charge >= 0.3 is 0 Å². The number of nitrogens with zero attached hydrogens (tertiary/aromatic N) is 1. The Morgan fingerprint density at radius 1 is 0.947 bits per heavy atom. The lowest BCUT2D eigenvalue weighted by atomic mass is 10.0. The van der Waals surface area contributed by atoms with Gasteiger partial charge in [-0.1, -0.05) is 12.8 Å². The standard InChI is InChI=1S/C15H27N3O/c19-15(11-16-12-3-1-2-4-12)17-13-7-9-18(10-8-13)14-5-6-14/h12-14,16H,1-11H2,(H,17,19). The smallest absolute Gasteiger partial charge is 0.234 e. The van der Waals surface area contributed by atoms with Crippen LogP contribution >= 0.6 is 0 Å². The monoisotopic (exact) mass is 265 g/mol. The number of hydrogen-bond donors (Lipinski definition) is 2. The van der Waals surface area contributed by atoms with Gasteiger partial charge in [0.05, 0.1) is 6.54 Å². The minimum absolute atomic E-state index is 0.191. The first-order valence-corrected chi connectivity index (χ1v) is 8.08. The first-order valence-electron chi connectivity index (χ1n) is 8.08. The highest BCUT2D eigenvalue weighted by molar-refractivity contribution is 5.78. The zero-order valence-corrected chi connectivity index (χ0v) is 11.9. The second-order valence-electron chi connectivity index (χ2n) is 6.47. The van der Waals surface area contributed by atoms with E-state index in [0.717, 1.165) is 18.9 Å². The molecule has 0 bridgehead atoms. The Kier molecular flexibility index (Phi) is 4.38. The summed E-state index contributed by atoms with van der Waals surface area (Å²) in [6.07, 6.45) is 10.2. The largest absolute Gasteiger partial charge is 0.352 e. The molecule has 0 spiro atoms. The van der Waals surface area contributed by atoms with Gasteiger partial charge in [0.15, 0.2) is 0 Å². The van der Waals surface area contributed by atoms with Crippen LogP contribution in [0.2, 0.25) is 0 Å². The van der Waals surface area contributed by atoms with E-state index < -0.39 is 0 Å². The highest BCUT2D eigenvalue weighted by atomic mass is 16.2. The molecule has 1 saturated heterocycles. The van der Waals surface area contributed by atoms with Crippen molar-refractivity contribution in [3.05, 3.63) is 0 Å². The minimum atomic E-state index is 0.191. The van der Waals surface area contributed by atoms with E-state index in [9.17, 15) is 4.79 Å². The summed E-state index contributed by atoms with van der Waals surface area (Å²) in [5.74, 6) is 0.191. The Hall–Kier alpha value is -0.610. The first-order chi connectivity index (χ1) is 9.31. The third kappa shape index (κ3) is 3.93. The number of rotatable bonds is 5. The van der Waals surface area contributed by atoms with Gasteiger partial charge in [-0.25, -0.2) is 0 Å². The second-order valence-corrected chi connectivity index (χ2v) is 6.47. The van der Waals surface area contributed by atoms with Crippen LogP contribution in [0.4, 0.5) is 0 Å². The fourth-order valence-corrected chi connectivity index (χ4v) is 3.49. The van der Waals surface area contributed by atoms with E-state index in [1.54, 1.807) is 0 Å². The molecule has 3 rings (SSSR count). The van der Waals surface area contributed by atoms with Gasteiger partial charge in [0.25, 0.3) is 0 Å². The van der Waals surface area contributed by atoms with Crippen LogP contribution in [-0.4, -0.2) is 48.6 Å². The maximum absolute atomic E-state index is 11.9. The summed E-state index contributed by atoms with van der Waals surface area (Å²) in [6.45, 7) is 2.85. The SMILES string of the molecule is O=C(CNC1CCCC1)NC1CCN(C2CC2)CC1. The molecule has 4 nitrogen and oxygen atoms in total. The number of carbonyl (C=O) groups is 1. The van der Waals surface area contributed by atoms with E-state index in [1.807, 2.05) is 0 Å². The van der Waals surface area contributed by atoms with Crippen LogP contribution in [0.15, 0.2) is 0 Å². The third-order valence-electron chi connectivity index (χ3n) is 4.86. The fraction of sp³-hybridized carbons (Fsp3) is 0.933. The molecule has 2 aliphatic carbocycles. The Balaban J connectivity index is 1.31. The lowest BCUT2D eigenvalue weighted by Gasteiger charge is -2.32. The van der Waals surface area contributed by atoms with Gasteiger partial charge in [0.1, 0.15) is 0 Å². The van der Waals surface area contributed by atoms with Gasteiger partial charge < -0.3 is 15.5 Å². The average molecular weight is 265 g/mol. The number of nitrogens with one attached hydrogen (secondary N) is 2. The molecule has 1 aliphatic heterocycles. The number of carbonyl (C=O) groups excluding carboxylic acids is 1. The van der Waals surface area contributed by atoms with Crippen LogP contribution in [0.3, 0.4) is 0 Å². The van der Waals surface area contributed by atoms with Crippen LogP contribution in [0.1, 0.15) is 51.4 Å². The van der Waals surface area contributed by atoms with Gasteiger partial charge in [-0.3, -0.25) is 4.79 Å². The van der Waals surface area contributed by atoms with Crippen LogP contribution in [0.25, 0.3) is 0 Å². The van der Waals surface area contributed by atoms with Gasteiger partial charge in [0.2, 0.25) is 5.91 Å². The number of hydrogen-bond acceptors (Lipinski definition) is 3. The number of amides is 1. The molecule has 0 atom stereocenters. The Labute approximate surface area is 116 Å². The topological polar surface area (TPSA) is 44.4 Å². The molecule has 0 unspecified atom stereocenters. The quantitative estimate of drug-likeness (QED) is 0.786. The maximum Gasteiger partial charge on any atom is 0.234 e. The molecule has 19 heavy (non-hydrogen) atoms. The molecule has 0 radical (unpaired) electrons. The van der Waals surface area contributed by atoms with E-state index in [2.05, 4.69) is 15.5 Å². The van der Waals surface area contributed by atoms with Crippen molar-refractivity contribution < 1.29 is 4.79 Å². The Morgan fingerprint density at radius 3 is 2.26 bits per heavy atom. The summed E-state index contributed by atoms with van der Waals surface area (Å²) >= 11 is 0. The number of piperidine rings is 1. The molecule has 0 aromatic carbocycles. The second kappa shape index (κ2) is 6.23. The highest BCUT2D eigenvalue weighted by Gasteiger charge is 2.32. The van der Waals surface area contributed by atoms with Gasteiger partial charge in [-0.2, -0.15) is 0 Å². The van der Waals surface area contributed by atoms with Gasteiger partial charge in [-0.05, 0) is 38.5 Å². The van der Waals surface area contributed by atoms with Crippen LogP contribution < -0.4 is 10.6 Å². The van der Waals surface area contributed by atoms with E-state index in [0.29, 0.717) is 18.6 Å². The predicted molar refractivity (Wildman–Crippen MR) is 76.0 cm³/mol. The fourth-order valence-electron chi connectivity index (χ4n) is 3.49. The molecule has 2 saturated carbocycles. The molecule has 0 aromatic heterocycles. The first kappa shape index (κ1) is 13.4. The van der Waals surface area contributed by atoms with Crippen molar-refractivity contribution in [1.82, 2.24) is 15.5 Å². The van der Waals surface area contributed by atoms with Crippen molar-refractivity contribution in [2.24, 2.45) is 0 Å². The van der Waals surface area contributed by atoms with Crippen molar-refractivity contribution in [3.8, 4) is 0 Å². The Bertz CT molecular complexity index is 303. The van der Waals surface area contributed by atoms with Gasteiger partial charge in [0, 0.05) is 31.2 Å². The molecule has 4 heteroatoms. The average Bonchev–Trinajstić information content (AvgIpc) is 3.14. The normalized spacial score (nSPS) is 26.7. The minimum Gasteiger partial charge on any atom is -0.352 e. The van der Waals surface area contributed by atoms with Crippen molar-refractivity contribution in [2.75, 3.05) is 19.6 Å². The van der Waals surface area contributed by atoms with Crippen molar-refractivity contribution in [3.63, 3.8) is 0 Å². The van der Waals surface area contributed by atoms with Crippen LogP contribution in [-0.2, 0) is 4.79 Å². The van der Waals surface area contributed by atoms with E-state index in [-0.39, 0.29) is 5.91 Å². The molecule has 108 valence electrons. The molecule has 3 fully saturated rings. The third-order valence-corrected chi connectivity index (χ3v) is 4.86. The van der Waals surface area contributed by atoms with Crippen molar-refractivity contribution in [2.45, 2.75) is 69.5 Å². The van der Waals surface area contributed by atoms with E-state index in [1.165, 1.54) is 51.6 Å². The molecule has 2 N–H and O–H groups in total. The summed E-state index contributed by atoms with van der Waals surface area (Å²) in [5.41, 5.74) is 0. The van der Waals surface area contributed by atoms with Crippen LogP contribution in [0.5, 0.6) is 0 Å². The molecule has 0 aromatic rings. The summed E-state index contributed by atoms with van der Waals surface area (Å²) in [7, 11) is 0.